The van der Waals surface area contributed by atoms with Gasteiger partial charge in [0.1, 0.15) is 6.26 Å². The molecule has 1 aliphatic rings. The second-order valence-corrected chi connectivity index (χ2v) is 6.86. The summed E-state index contributed by atoms with van der Waals surface area (Å²) >= 11 is 2.04. The fourth-order valence-corrected chi connectivity index (χ4v) is 3.71. The largest absolute Gasteiger partial charge is 0.444 e. The predicted octanol–water partition coefficient (Wildman–Crippen LogP) is 2.90. The highest BCUT2D eigenvalue weighted by Gasteiger charge is 2.15. The third-order valence-corrected chi connectivity index (χ3v) is 5.15. The molecule has 2 N–H and O–H groups in total. The Morgan fingerprint density at radius 2 is 2.22 bits per heavy atom. The highest BCUT2D eigenvalue weighted by atomic mass is 32.2. The zero-order valence-corrected chi connectivity index (χ0v) is 14.1. The standard InChI is InChI=1S/C17H22N4OS/c1-18-17(20-11-15-8-5-9-23-15)19-10-14-12-22-16(21-14)13-6-3-2-4-7-13/h2-4,6-7,12,15H,5,8-11H2,1H3,(H2,18,19,20). The second kappa shape index (κ2) is 8.06. The number of nitrogens with one attached hydrogen (secondary N) is 2. The summed E-state index contributed by atoms with van der Waals surface area (Å²) < 4.78 is 5.54. The molecule has 3 rings (SSSR count). The molecular weight excluding hydrogens is 308 g/mol. The van der Waals surface area contributed by atoms with Crippen LogP contribution in [-0.2, 0) is 6.54 Å². The zero-order chi connectivity index (χ0) is 15.9. The third kappa shape index (κ3) is 4.51. The van der Waals surface area contributed by atoms with Crippen molar-refractivity contribution in [3.05, 3.63) is 42.3 Å². The van der Waals surface area contributed by atoms with Crippen molar-refractivity contribution >= 4 is 17.7 Å². The molecule has 1 unspecified atom stereocenters. The molecule has 5 nitrogen and oxygen atoms in total. The Hall–Kier alpha value is -1.95. The lowest BCUT2D eigenvalue weighted by molar-refractivity contribution is 0.572. The fraction of sp³-hybridized carbons (Fsp3) is 0.412. The van der Waals surface area contributed by atoms with E-state index in [1.165, 1.54) is 18.6 Å². The first-order chi connectivity index (χ1) is 11.3. The fourth-order valence-electron chi connectivity index (χ4n) is 2.51. The van der Waals surface area contributed by atoms with E-state index in [1.54, 1.807) is 13.3 Å². The van der Waals surface area contributed by atoms with Crippen molar-refractivity contribution in [2.45, 2.75) is 24.6 Å². The molecule has 1 aromatic heterocycles. The van der Waals surface area contributed by atoms with Crippen molar-refractivity contribution in [1.82, 2.24) is 15.6 Å². The molecular formula is C17H22N4OS. The molecule has 0 bridgehead atoms. The Morgan fingerprint density at radius 1 is 1.35 bits per heavy atom. The van der Waals surface area contributed by atoms with Crippen molar-refractivity contribution in [2.75, 3.05) is 19.3 Å². The quantitative estimate of drug-likeness (QED) is 0.652. The van der Waals surface area contributed by atoms with Gasteiger partial charge < -0.3 is 15.1 Å². The smallest absolute Gasteiger partial charge is 0.226 e. The number of hydrogen-bond acceptors (Lipinski definition) is 4. The summed E-state index contributed by atoms with van der Waals surface area (Å²) in [7, 11) is 1.79. The number of aromatic nitrogens is 1. The van der Waals surface area contributed by atoms with E-state index in [4.69, 9.17) is 4.42 Å². The van der Waals surface area contributed by atoms with Gasteiger partial charge in [-0.2, -0.15) is 11.8 Å². The van der Waals surface area contributed by atoms with E-state index in [9.17, 15) is 0 Å². The van der Waals surface area contributed by atoms with E-state index in [0.717, 1.165) is 23.8 Å². The molecule has 1 saturated heterocycles. The van der Waals surface area contributed by atoms with Crippen LogP contribution in [0.2, 0.25) is 0 Å². The Labute approximate surface area is 141 Å². The summed E-state index contributed by atoms with van der Waals surface area (Å²) in [5.74, 6) is 2.73. The van der Waals surface area contributed by atoms with Gasteiger partial charge in [0, 0.05) is 24.4 Å². The highest BCUT2D eigenvalue weighted by molar-refractivity contribution is 8.00. The van der Waals surface area contributed by atoms with Gasteiger partial charge in [-0.1, -0.05) is 18.2 Å². The van der Waals surface area contributed by atoms with Gasteiger partial charge in [0.2, 0.25) is 5.89 Å². The van der Waals surface area contributed by atoms with Crippen LogP contribution in [0.1, 0.15) is 18.5 Å². The lowest BCUT2D eigenvalue weighted by Crippen LogP contribution is -2.39. The third-order valence-electron chi connectivity index (χ3n) is 3.75. The van der Waals surface area contributed by atoms with Gasteiger partial charge in [0.25, 0.3) is 0 Å². The first-order valence-corrected chi connectivity index (χ1v) is 8.96. The van der Waals surface area contributed by atoms with Crippen molar-refractivity contribution < 1.29 is 4.42 Å². The number of aliphatic imine (C=N–C) groups is 1. The van der Waals surface area contributed by atoms with Gasteiger partial charge in [-0.25, -0.2) is 4.98 Å². The van der Waals surface area contributed by atoms with E-state index >= 15 is 0 Å². The number of oxazole rings is 1. The number of guanidine groups is 1. The molecule has 122 valence electrons. The first-order valence-electron chi connectivity index (χ1n) is 7.91. The van der Waals surface area contributed by atoms with Crippen LogP contribution in [0.25, 0.3) is 11.5 Å². The summed E-state index contributed by atoms with van der Waals surface area (Å²) in [6.45, 7) is 1.55. The van der Waals surface area contributed by atoms with Crippen LogP contribution in [0.15, 0.2) is 46.0 Å². The van der Waals surface area contributed by atoms with Gasteiger partial charge in [-0.15, -0.1) is 0 Å². The number of rotatable bonds is 5. The number of benzene rings is 1. The van der Waals surface area contributed by atoms with E-state index in [0.29, 0.717) is 17.7 Å². The zero-order valence-electron chi connectivity index (χ0n) is 13.3. The summed E-state index contributed by atoms with van der Waals surface area (Å²) in [6.07, 6.45) is 4.30. The van der Waals surface area contributed by atoms with Crippen LogP contribution in [0.5, 0.6) is 0 Å². The average Bonchev–Trinajstić information content (AvgIpc) is 3.27. The van der Waals surface area contributed by atoms with Crippen LogP contribution >= 0.6 is 11.8 Å². The normalized spacial score (nSPS) is 18.1. The topological polar surface area (TPSA) is 62.5 Å². The molecule has 1 fully saturated rings. The molecule has 0 aliphatic carbocycles. The summed E-state index contributed by atoms with van der Waals surface area (Å²) in [5, 5.41) is 7.36. The molecule has 2 aromatic rings. The van der Waals surface area contributed by atoms with Gasteiger partial charge in [0.05, 0.1) is 12.2 Å². The minimum Gasteiger partial charge on any atom is -0.444 e. The van der Waals surface area contributed by atoms with Gasteiger partial charge in [-0.3, -0.25) is 4.99 Å². The van der Waals surface area contributed by atoms with Crippen molar-refractivity contribution in [3.8, 4) is 11.5 Å². The van der Waals surface area contributed by atoms with Crippen LogP contribution in [0, 0.1) is 0 Å². The Morgan fingerprint density at radius 3 is 2.96 bits per heavy atom. The lowest BCUT2D eigenvalue weighted by atomic mass is 10.2. The maximum atomic E-state index is 5.54. The average molecular weight is 330 g/mol. The molecule has 6 heteroatoms. The molecule has 2 heterocycles. The molecule has 0 saturated carbocycles. The number of hydrogen-bond donors (Lipinski definition) is 2. The van der Waals surface area contributed by atoms with Gasteiger partial charge in [0.15, 0.2) is 5.96 Å². The van der Waals surface area contributed by atoms with Crippen LogP contribution in [0.4, 0.5) is 0 Å². The summed E-state index contributed by atoms with van der Waals surface area (Å²) in [6, 6.07) is 9.91. The minimum atomic E-state index is 0.591. The molecule has 1 aromatic carbocycles. The Kier molecular flexibility index (Phi) is 5.58. The SMILES string of the molecule is CN=C(NCc1coc(-c2ccccc2)n1)NCC1CCCS1. The van der Waals surface area contributed by atoms with E-state index < -0.39 is 0 Å². The Balaban J connectivity index is 1.50. The van der Waals surface area contributed by atoms with Crippen LogP contribution in [0.3, 0.4) is 0 Å². The van der Waals surface area contributed by atoms with E-state index in [1.807, 2.05) is 42.1 Å². The van der Waals surface area contributed by atoms with E-state index in [2.05, 4.69) is 20.6 Å². The maximum Gasteiger partial charge on any atom is 0.226 e. The monoisotopic (exact) mass is 330 g/mol. The minimum absolute atomic E-state index is 0.591. The van der Waals surface area contributed by atoms with Crippen molar-refractivity contribution in [2.24, 2.45) is 4.99 Å². The lowest BCUT2D eigenvalue weighted by Gasteiger charge is -2.14. The van der Waals surface area contributed by atoms with E-state index in [-0.39, 0.29) is 0 Å². The maximum absolute atomic E-state index is 5.54. The predicted molar refractivity (Wildman–Crippen MR) is 95.6 cm³/mol. The molecule has 23 heavy (non-hydrogen) atoms. The first kappa shape index (κ1) is 15.9. The summed E-state index contributed by atoms with van der Waals surface area (Å²) in [4.78, 5) is 8.76. The highest BCUT2D eigenvalue weighted by Crippen LogP contribution is 2.25. The molecule has 1 aliphatic heterocycles. The Bertz CT molecular complexity index is 635. The van der Waals surface area contributed by atoms with Crippen molar-refractivity contribution in [1.29, 1.82) is 0 Å². The molecule has 0 radical (unpaired) electrons. The molecule has 0 amide bonds. The van der Waals surface area contributed by atoms with Crippen molar-refractivity contribution in [3.63, 3.8) is 0 Å². The van der Waals surface area contributed by atoms with Gasteiger partial charge in [-0.05, 0) is 30.7 Å². The molecule has 1 atom stereocenters. The number of thioether (sulfide) groups is 1. The number of nitrogens with zero attached hydrogens (tertiary/aromatic N) is 2. The second-order valence-electron chi connectivity index (χ2n) is 5.45. The summed E-state index contributed by atoms with van der Waals surface area (Å²) in [5.41, 5.74) is 1.85. The van der Waals surface area contributed by atoms with Crippen LogP contribution in [-0.4, -0.2) is 35.5 Å². The van der Waals surface area contributed by atoms with Gasteiger partial charge >= 0.3 is 0 Å². The molecule has 0 spiro atoms. The van der Waals surface area contributed by atoms with Crippen LogP contribution < -0.4 is 10.6 Å².